The van der Waals surface area contributed by atoms with Crippen molar-refractivity contribution < 1.29 is 18.0 Å². The molecule has 2 amide bonds. The largest absolute Gasteiger partial charge is 0.354 e. The second kappa shape index (κ2) is 10.5. The molecule has 0 aliphatic carbocycles. The first kappa shape index (κ1) is 23.0. The van der Waals surface area contributed by atoms with Gasteiger partial charge in [0.2, 0.25) is 15.9 Å². The van der Waals surface area contributed by atoms with E-state index in [0.717, 1.165) is 18.4 Å². The second-order valence-corrected chi connectivity index (χ2v) is 9.82. The summed E-state index contributed by atoms with van der Waals surface area (Å²) >= 11 is 0. The van der Waals surface area contributed by atoms with Crippen molar-refractivity contribution in [1.29, 1.82) is 0 Å². The number of benzene rings is 2. The zero-order chi connectivity index (χ0) is 22.3. The van der Waals surface area contributed by atoms with Crippen LogP contribution in [0.4, 0.5) is 0 Å². The Hall–Kier alpha value is -2.71. The van der Waals surface area contributed by atoms with Crippen LogP contribution >= 0.6 is 0 Å². The molecule has 0 aromatic heterocycles. The molecule has 0 bridgehead atoms. The van der Waals surface area contributed by atoms with Crippen molar-refractivity contribution in [2.75, 3.05) is 26.2 Å². The predicted octanol–water partition coefficient (Wildman–Crippen LogP) is 2.20. The number of hydrogen-bond donors (Lipinski definition) is 2. The Morgan fingerprint density at radius 2 is 1.61 bits per heavy atom. The summed E-state index contributed by atoms with van der Waals surface area (Å²) in [6, 6.07) is 15.7. The number of amides is 2. The third kappa shape index (κ3) is 6.38. The van der Waals surface area contributed by atoms with E-state index in [4.69, 9.17) is 0 Å². The first-order valence-corrected chi connectivity index (χ1v) is 12.0. The molecule has 31 heavy (non-hydrogen) atoms. The van der Waals surface area contributed by atoms with E-state index < -0.39 is 15.9 Å². The molecule has 2 aromatic rings. The summed E-state index contributed by atoms with van der Waals surface area (Å²) in [6.45, 7) is 3.51. The number of nitrogens with one attached hydrogen (secondary N) is 2. The summed E-state index contributed by atoms with van der Waals surface area (Å²) in [4.78, 5) is 24.4. The predicted molar refractivity (Wildman–Crippen MR) is 119 cm³/mol. The van der Waals surface area contributed by atoms with Gasteiger partial charge in [-0.15, -0.1) is 0 Å². The second-order valence-electron chi connectivity index (χ2n) is 7.88. The number of nitrogens with zero attached hydrogens (tertiary/aromatic N) is 1. The number of rotatable bonds is 8. The maximum Gasteiger partial charge on any atom is 0.251 e. The van der Waals surface area contributed by atoms with Crippen LogP contribution in [0.1, 0.15) is 35.7 Å². The fourth-order valence-electron chi connectivity index (χ4n) is 3.47. The normalized spacial score (nSPS) is 15.4. The van der Waals surface area contributed by atoms with Crippen LogP contribution in [0.5, 0.6) is 0 Å². The summed E-state index contributed by atoms with van der Waals surface area (Å²) < 4.78 is 27.0. The van der Waals surface area contributed by atoms with Gasteiger partial charge in [-0.05, 0) is 55.0 Å². The van der Waals surface area contributed by atoms with Gasteiger partial charge < -0.3 is 10.6 Å². The standard InChI is InChI=1S/C23H29N3O4S/c1-18-12-15-26(16-13-18)31(29,30)21-9-7-20(8-10-21)23(28)25-17-22(27)24-14-11-19-5-3-2-4-6-19/h2-10,18H,11-17H2,1H3,(H,24,27)(H,25,28). The summed E-state index contributed by atoms with van der Waals surface area (Å²) in [5.41, 5.74) is 1.43. The van der Waals surface area contributed by atoms with E-state index in [0.29, 0.717) is 37.5 Å². The Balaban J connectivity index is 1.47. The zero-order valence-electron chi connectivity index (χ0n) is 17.7. The summed E-state index contributed by atoms with van der Waals surface area (Å²) in [7, 11) is -3.55. The van der Waals surface area contributed by atoms with Crippen molar-refractivity contribution in [2.45, 2.75) is 31.1 Å². The van der Waals surface area contributed by atoms with Gasteiger partial charge in [-0.1, -0.05) is 37.3 Å². The van der Waals surface area contributed by atoms with Gasteiger partial charge in [0.25, 0.3) is 5.91 Å². The van der Waals surface area contributed by atoms with E-state index in [9.17, 15) is 18.0 Å². The molecule has 3 rings (SSSR count). The van der Waals surface area contributed by atoms with Gasteiger partial charge in [0, 0.05) is 25.2 Å². The molecular weight excluding hydrogens is 414 g/mol. The number of carbonyl (C=O) groups is 2. The van der Waals surface area contributed by atoms with Gasteiger partial charge in [0.1, 0.15) is 0 Å². The van der Waals surface area contributed by atoms with E-state index in [1.165, 1.54) is 28.6 Å². The average molecular weight is 444 g/mol. The number of hydrogen-bond acceptors (Lipinski definition) is 4. The smallest absolute Gasteiger partial charge is 0.251 e. The van der Waals surface area contributed by atoms with Crippen molar-refractivity contribution in [1.82, 2.24) is 14.9 Å². The highest BCUT2D eigenvalue weighted by Crippen LogP contribution is 2.23. The molecule has 0 radical (unpaired) electrons. The molecule has 0 saturated carbocycles. The van der Waals surface area contributed by atoms with Gasteiger partial charge >= 0.3 is 0 Å². The Labute approximate surface area is 183 Å². The van der Waals surface area contributed by atoms with Crippen LogP contribution in [0.25, 0.3) is 0 Å². The highest BCUT2D eigenvalue weighted by Gasteiger charge is 2.28. The number of carbonyl (C=O) groups excluding carboxylic acids is 2. The molecule has 2 N–H and O–H groups in total. The topological polar surface area (TPSA) is 95.6 Å². The van der Waals surface area contributed by atoms with Gasteiger partial charge in [0.05, 0.1) is 11.4 Å². The van der Waals surface area contributed by atoms with E-state index in [1.54, 1.807) is 0 Å². The molecule has 2 aromatic carbocycles. The third-order valence-corrected chi connectivity index (χ3v) is 7.40. The fourth-order valence-corrected chi connectivity index (χ4v) is 4.94. The minimum atomic E-state index is -3.55. The van der Waals surface area contributed by atoms with Crippen molar-refractivity contribution in [3.63, 3.8) is 0 Å². The molecule has 1 heterocycles. The molecular formula is C23H29N3O4S. The molecule has 1 aliphatic rings. The lowest BCUT2D eigenvalue weighted by atomic mass is 10.0. The number of sulfonamides is 1. The molecule has 7 nitrogen and oxygen atoms in total. The lowest BCUT2D eigenvalue weighted by Gasteiger charge is -2.29. The first-order chi connectivity index (χ1) is 14.9. The summed E-state index contributed by atoms with van der Waals surface area (Å²) in [6.07, 6.45) is 2.42. The fraction of sp³-hybridized carbons (Fsp3) is 0.391. The number of piperidine rings is 1. The quantitative estimate of drug-likeness (QED) is 0.654. The lowest BCUT2D eigenvalue weighted by molar-refractivity contribution is -0.120. The molecule has 8 heteroatoms. The Bertz CT molecular complexity index is 983. The van der Waals surface area contributed by atoms with Gasteiger partial charge in [0.15, 0.2) is 0 Å². The Morgan fingerprint density at radius 1 is 0.968 bits per heavy atom. The SMILES string of the molecule is CC1CCN(S(=O)(=O)c2ccc(C(=O)NCC(=O)NCCc3ccccc3)cc2)CC1. The van der Waals surface area contributed by atoms with Crippen LogP contribution < -0.4 is 10.6 Å². The van der Waals surface area contributed by atoms with E-state index in [1.807, 2.05) is 30.3 Å². The average Bonchev–Trinajstić information content (AvgIpc) is 2.78. The van der Waals surface area contributed by atoms with Gasteiger partial charge in [-0.25, -0.2) is 8.42 Å². The minimum Gasteiger partial charge on any atom is -0.354 e. The maximum atomic E-state index is 12.8. The summed E-state index contributed by atoms with van der Waals surface area (Å²) in [5, 5.41) is 5.33. The van der Waals surface area contributed by atoms with Crippen molar-refractivity contribution >= 4 is 21.8 Å². The molecule has 0 spiro atoms. The highest BCUT2D eigenvalue weighted by atomic mass is 32.2. The molecule has 1 fully saturated rings. The van der Waals surface area contributed by atoms with Crippen molar-refractivity contribution in [2.24, 2.45) is 5.92 Å². The zero-order valence-corrected chi connectivity index (χ0v) is 18.5. The monoisotopic (exact) mass is 443 g/mol. The van der Waals surface area contributed by atoms with Crippen LogP contribution in [0.2, 0.25) is 0 Å². The molecule has 0 unspecified atom stereocenters. The minimum absolute atomic E-state index is 0.139. The van der Waals surface area contributed by atoms with Crippen LogP contribution in [-0.4, -0.2) is 50.7 Å². The first-order valence-electron chi connectivity index (χ1n) is 10.6. The van der Waals surface area contributed by atoms with Gasteiger partial charge in [-0.3, -0.25) is 9.59 Å². The van der Waals surface area contributed by atoms with Crippen LogP contribution in [-0.2, 0) is 21.2 Å². The highest BCUT2D eigenvalue weighted by molar-refractivity contribution is 7.89. The van der Waals surface area contributed by atoms with Crippen molar-refractivity contribution in [3.8, 4) is 0 Å². The maximum absolute atomic E-state index is 12.8. The van der Waals surface area contributed by atoms with Gasteiger partial charge in [-0.2, -0.15) is 4.31 Å². The van der Waals surface area contributed by atoms with Crippen LogP contribution in [0, 0.1) is 5.92 Å². The Morgan fingerprint density at radius 3 is 2.26 bits per heavy atom. The summed E-state index contributed by atoms with van der Waals surface area (Å²) in [5.74, 6) is -0.162. The Kier molecular flexibility index (Phi) is 7.81. The lowest BCUT2D eigenvalue weighted by Crippen LogP contribution is -2.38. The molecule has 1 aliphatic heterocycles. The third-order valence-electron chi connectivity index (χ3n) is 5.49. The van der Waals surface area contributed by atoms with Crippen molar-refractivity contribution in [3.05, 3.63) is 65.7 Å². The van der Waals surface area contributed by atoms with E-state index >= 15 is 0 Å². The molecule has 0 atom stereocenters. The molecule has 166 valence electrons. The van der Waals surface area contributed by atoms with E-state index in [-0.39, 0.29) is 17.3 Å². The molecule has 1 saturated heterocycles. The van der Waals surface area contributed by atoms with Crippen LogP contribution in [0.15, 0.2) is 59.5 Å². The van der Waals surface area contributed by atoms with Crippen LogP contribution in [0.3, 0.4) is 0 Å². The van der Waals surface area contributed by atoms with E-state index in [2.05, 4.69) is 17.6 Å².